The smallest absolute Gasteiger partial charge is 0.269 e. The number of nitrogens with zero attached hydrogens (tertiary/aromatic N) is 4. The predicted octanol–water partition coefficient (Wildman–Crippen LogP) is 4.35. The summed E-state index contributed by atoms with van der Waals surface area (Å²) in [5, 5.41) is 8.89. The first-order chi connectivity index (χ1) is 18.5. The number of carbonyl (C=O) groups is 1. The second kappa shape index (κ2) is 10.3. The Hall–Kier alpha value is -4.20. The van der Waals surface area contributed by atoms with Crippen molar-refractivity contribution in [2.24, 2.45) is 5.73 Å². The SMILES string of the molecule is Cc1cc(C(N)=O)nn1-c1ccc2c(ccn2Cc2ccc(-c3ccc(CN4CCNCC4)cc3)cc2)c1. The number of aryl methyl sites for hydroxylation is 1. The fourth-order valence-electron chi connectivity index (χ4n) is 5.24. The van der Waals surface area contributed by atoms with E-state index in [0.29, 0.717) is 0 Å². The molecule has 2 aromatic heterocycles. The standard InChI is InChI=1S/C31H32N6O/c1-22-18-29(31(32)38)34-37(22)28-10-11-30-27(19-28)12-15-36(30)21-24-4-8-26(9-5-24)25-6-2-23(3-7-25)20-35-16-13-33-14-17-35/h2-12,15,18-19,33H,13-14,16-17,20-21H2,1H3,(H2,32,38). The van der Waals surface area contributed by atoms with Crippen LogP contribution in [0.1, 0.15) is 27.3 Å². The van der Waals surface area contributed by atoms with Gasteiger partial charge in [0.1, 0.15) is 0 Å². The van der Waals surface area contributed by atoms with Crippen LogP contribution in [0.15, 0.2) is 85.1 Å². The number of carbonyl (C=O) groups excluding carboxylic acids is 1. The molecule has 7 nitrogen and oxygen atoms in total. The van der Waals surface area contributed by atoms with Gasteiger partial charge in [-0.2, -0.15) is 5.10 Å². The first-order valence-corrected chi connectivity index (χ1v) is 13.1. The Balaban J connectivity index is 1.15. The number of rotatable bonds is 7. The molecule has 0 aliphatic carbocycles. The molecule has 1 fully saturated rings. The maximum atomic E-state index is 11.5. The number of nitrogens with two attached hydrogens (primary N) is 1. The molecule has 3 heterocycles. The third kappa shape index (κ3) is 4.98. The zero-order chi connectivity index (χ0) is 26.1. The molecule has 192 valence electrons. The highest BCUT2D eigenvalue weighted by atomic mass is 16.1. The van der Waals surface area contributed by atoms with E-state index in [4.69, 9.17) is 5.73 Å². The number of amides is 1. The summed E-state index contributed by atoms with van der Waals surface area (Å²) < 4.78 is 4.01. The van der Waals surface area contributed by atoms with Gasteiger partial charge in [0, 0.05) is 62.1 Å². The number of aromatic nitrogens is 3. The summed E-state index contributed by atoms with van der Waals surface area (Å²) in [4.78, 5) is 14.0. The van der Waals surface area contributed by atoms with Crippen molar-refractivity contribution in [3.63, 3.8) is 0 Å². The second-order valence-corrected chi connectivity index (χ2v) is 10.1. The van der Waals surface area contributed by atoms with Crippen LogP contribution in [0.3, 0.4) is 0 Å². The number of fused-ring (bicyclic) bond motifs is 1. The maximum Gasteiger partial charge on any atom is 0.269 e. The number of hydrogen-bond donors (Lipinski definition) is 2. The van der Waals surface area contributed by atoms with Crippen molar-refractivity contribution in [3.8, 4) is 16.8 Å². The molecule has 6 rings (SSSR count). The number of hydrogen-bond acceptors (Lipinski definition) is 4. The van der Waals surface area contributed by atoms with E-state index in [9.17, 15) is 4.79 Å². The Morgan fingerprint density at radius 3 is 2.16 bits per heavy atom. The van der Waals surface area contributed by atoms with Crippen LogP contribution in [0.4, 0.5) is 0 Å². The molecule has 38 heavy (non-hydrogen) atoms. The zero-order valence-electron chi connectivity index (χ0n) is 21.6. The van der Waals surface area contributed by atoms with Crippen LogP contribution >= 0.6 is 0 Å². The predicted molar refractivity (Wildman–Crippen MR) is 151 cm³/mol. The van der Waals surface area contributed by atoms with Gasteiger partial charge in [0.05, 0.1) is 5.69 Å². The number of piperazine rings is 1. The Morgan fingerprint density at radius 1 is 0.868 bits per heavy atom. The molecular formula is C31H32N6O. The van der Waals surface area contributed by atoms with Crippen LogP contribution in [0.25, 0.3) is 27.7 Å². The average molecular weight is 505 g/mol. The van der Waals surface area contributed by atoms with Crippen LogP contribution in [0, 0.1) is 6.92 Å². The lowest BCUT2D eigenvalue weighted by atomic mass is 10.0. The molecule has 5 aromatic rings. The van der Waals surface area contributed by atoms with Gasteiger partial charge in [-0.1, -0.05) is 48.5 Å². The molecule has 1 saturated heterocycles. The van der Waals surface area contributed by atoms with Crippen LogP contribution in [0.2, 0.25) is 0 Å². The molecule has 1 aliphatic rings. The van der Waals surface area contributed by atoms with Gasteiger partial charge in [0.2, 0.25) is 0 Å². The van der Waals surface area contributed by atoms with Gasteiger partial charge in [0.25, 0.3) is 5.91 Å². The Bertz CT molecular complexity index is 1570. The lowest BCUT2D eigenvalue weighted by molar-refractivity contribution is 0.0995. The first-order valence-electron chi connectivity index (χ1n) is 13.1. The molecular weight excluding hydrogens is 472 g/mol. The maximum absolute atomic E-state index is 11.5. The highest BCUT2D eigenvalue weighted by Crippen LogP contribution is 2.24. The second-order valence-electron chi connectivity index (χ2n) is 10.1. The molecule has 1 aliphatic heterocycles. The molecule has 0 radical (unpaired) electrons. The van der Waals surface area contributed by atoms with Gasteiger partial charge < -0.3 is 15.6 Å². The van der Waals surface area contributed by atoms with E-state index in [0.717, 1.165) is 61.6 Å². The Kier molecular flexibility index (Phi) is 6.54. The molecule has 7 heteroatoms. The number of nitrogens with one attached hydrogen (secondary N) is 1. The van der Waals surface area contributed by atoms with E-state index in [1.165, 1.54) is 22.3 Å². The third-order valence-electron chi connectivity index (χ3n) is 7.35. The molecule has 0 saturated carbocycles. The minimum absolute atomic E-state index is 0.273. The zero-order valence-corrected chi connectivity index (χ0v) is 21.6. The van der Waals surface area contributed by atoms with Crippen molar-refractivity contribution >= 4 is 16.8 Å². The van der Waals surface area contributed by atoms with Gasteiger partial charge in [-0.05, 0) is 59.5 Å². The van der Waals surface area contributed by atoms with E-state index in [1.807, 2.05) is 13.0 Å². The van der Waals surface area contributed by atoms with Gasteiger partial charge in [0.15, 0.2) is 5.69 Å². The van der Waals surface area contributed by atoms with Crippen molar-refractivity contribution in [1.82, 2.24) is 24.6 Å². The first kappa shape index (κ1) is 24.2. The van der Waals surface area contributed by atoms with Gasteiger partial charge >= 0.3 is 0 Å². The van der Waals surface area contributed by atoms with E-state index < -0.39 is 5.91 Å². The van der Waals surface area contributed by atoms with Crippen LogP contribution < -0.4 is 11.1 Å². The highest BCUT2D eigenvalue weighted by Gasteiger charge is 2.12. The van der Waals surface area contributed by atoms with E-state index in [2.05, 4.69) is 92.8 Å². The summed E-state index contributed by atoms with van der Waals surface area (Å²) in [6.45, 7) is 8.11. The van der Waals surface area contributed by atoms with Crippen LogP contribution in [-0.4, -0.2) is 51.3 Å². The van der Waals surface area contributed by atoms with Crippen molar-refractivity contribution in [1.29, 1.82) is 0 Å². The number of benzene rings is 3. The van der Waals surface area contributed by atoms with Gasteiger partial charge in [-0.25, -0.2) is 4.68 Å². The Labute approximate surface area is 222 Å². The topological polar surface area (TPSA) is 81.1 Å². The van der Waals surface area contributed by atoms with E-state index in [-0.39, 0.29) is 5.69 Å². The summed E-state index contributed by atoms with van der Waals surface area (Å²) in [6, 6.07) is 27.9. The van der Waals surface area contributed by atoms with Crippen LogP contribution in [-0.2, 0) is 13.1 Å². The fourth-order valence-corrected chi connectivity index (χ4v) is 5.24. The minimum atomic E-state index is -0.520. The Morgan fingerprint density at radius 2 is 1.53 bits per heavy atom. The van der Waals surface area contributed by atoms with Crippen molar-refractivity contribution in [2.45, 2.75) is 20.0 Å². The summed E-state index contributed by atoms with van der Waals surface area (Å²) in [6.07, 6.45) is 2.12. The lowest BCUT2D eigenvalue weighted by Crippen LogP contribution is -2.42. The summed E-state index contributed by atoms with van der Waals surface area (Å²) >= 11 is 0. The molecule has 0 atom stereocenters. The number of primary amides is 1. The molecule has 0 spiro atoms. The van der Waals surface area contributed by atoms with Crippen molar-refractivity contribution in [3.05, 3.63) is 108 Å². The van der Waals surface area contributed by atoms with Gasteiger partial charge in [-0.3, -0.25) is 9.69 Å². The molecule has 3 aromatic carbocycles. The molecule has 3 N–H and O–H groups in total. The summed E-state index contributed by atoms with van der Waals surface area (Å²) in [5.74, 6) is -0.520. The molecule has 1 amide bonds. The van der Waals surface area contributed by atoms with Gasteiger partial charge in [-0.15, -0.1) is 0 Å². The quantitative estimate of drug-likeness (QED) is 0.345. The van der Waals surface area contributed by atoms with Crippen molar-refractivity contribution < 1.29 is 4.79 Å². The fraction of sp³-hybridized carbons (Fsp3) is 0.226. The highest BCUT2D eigenvalue weighted by molar-refractivity contribution is 5.91. The molecule has 0 unspecified atom stereocenters. The summed E-state index contributed by atoms with van der Waals surface area (Å²) in [7, 11) is 0. The average Bonchev–Trinajstić information content (AvgIpc) is 3.53. The van der Waals surface area contributed by atoms with E-state index in [1.54, 1.807) is 10.7 Å². The molecule has 0 bridgehead atoms. The van der Waals surface area contributed by atoms with Crippen LogP contribution in [0.5, 0.6) is 0 Å². The monoisotopic (exact) mass is 504 g/mol. The third-order valence-corrected chi connectivity index (χ3v) is 7.35. The van der Waals surface area contributed by atoms with E-state index >= 15 is 0 Å². The minimum Gasteiger partial charge on any atom is -0.364 e. The lowest BCUT2D eigenvalue weighted by Gasteiger charge is -2.27. The van der Waals surface area contributed by atoms with Crippen molar-refractivity contribution in [2.75, 3.05) is 26.2 Å². The normalized spacial score (nSPS) is 14.2. The largest absolute Gasteiger partial charge is 0.364 e. The summed E-state index contributed by atoms with van der Waals surface area (Å²) in [5.41, 5.74) is 13.7.